The molecule has 0 bridgehead atoms. The van der Waals surface area contributed by atoms with E-state index in [1.807, 2.05) is 0 Å². The van der Waals surface area contributed by atoms with Crippen molar-refractivity contribution in [3.05, 3.63) is 28.2 Å². The van der Waals surface area contributed by atoms with E-state index in [0.717, 1.165) is 32.7 Å². The summed E-state index contributed by atoms with van der Waals surface area (Å²) in [5, 5.41) is 0. The summed E-state index contributed by atoms with van der Waals surface area (Å²) < 4.78 is 6.02. The van der Waals surface area contributed by atoms with Crippen LogP contribution < -0.4 is 5.73 Å². The summed E-state index contributed by atoms with van der Waals surface area (Å²) in [5.74, 6) is -0.335. The Morgan fingerprint density at radius 3 is 2.75 bits per heavy atom. The quantitative estimate of drug-likeness (QED) is 0.663. The van der Waals surface area contributed by atoms with E-state index in [0.29, 0.717) is 22.3 Å². The molecule has 1 aliphatic heterocycles. The van der Waals surface area contributed by atoms with Crippen molar-refractivity contribution in [1.82, 2.24) is 9.80 Å². The van der Waals surface area contributed by atoms with Crippen LogP contribution in [0.25, 0.3) is 0 Å². The molecule has 5 nitrogen and oxygen atoms in total. The van der Waals surface area contributed by atoms with Crippen LogP contribution in [0.3, 0.4) is 0 Å². The van der Waals surface area contributed by atoms with Crippen LogP contribution in [0.1, 0.15) is 10.4 Å². The molecule has 0 aromatic heterocycles. The fourth-order valence-electron chi connectivity index (χ4n) is 2.12. The van der Waals surface area contributed by atoms with E-state index in [2.05, 4.69) is 32.8 Å². The van der Waals surface area contributed by atoms with Gasteiger partial charge in [-0.15, -0.1) is 0 Å². The van der Waals surface area contributed by atoms with Crippen LogP contribution in [0.5, 0.6) is 0 Å². The highest BCUT2D eigenvalue weighted by atomic mass is 79.9. The molecule has 1 aromatic carbocycles. The van der Waals surface area contributed by atoms with E-state index in [4.69, 9.17) is 10.5 Å². The molecule has 1 aromatic rings. The van der Waals surface area contributed by atoms with Gasteiger partial charge in [0.05, 0.1) is 5.56 Å². The number of nitrogens with two attached hydrogens (primary N) is 1. The number of nitrogens with zero attached hydrogens (tertiary/aromatic N) is 2. The van der Waals surface area contributed by atoms with Crippen LogP contribution in [0, 0.1) is 0 Å². The van der Waals surface area contributed by atoms with Crippen molar-refractivity contribution in [2.24, 2.45) is 0 Å². The smallest absolute Gasteiger partial charge is 0.339 e. The Hall–Kier alpha value is -1.11. The molecule has 0 unspecified atom stereocenters. The number of esters is 1. The first-order valence-corrected chi connectivity index (χ1v) is 7.48. The molecule has 2 rings (SSSR count). The van der Waals surface area contributed by atoms with Gasteiger partial charge >= 0.3 is 5.97 Å². The van der Waals surface area contributed by atoms with Gasteiger partial charge in [-0.25, -0.2) is 4.79 Å². The molecule has 0 radical (unpaired) electrons. The SMILES string of the molecule is CN1CCN(CCOC(=O)c2cc(N)ccc2Br)CC1. The molecule has 6 heteroatoms. The molecule has 1 heterocycles. The number of nitrogen functional groups attached to an aromatic ring is 1. The maximum atomic E-state index is 12.0. The monoisotopic (exact) mass is 341 g/mol. The second-order valence-corrected chi connectivity index (χ2v) is 5.87. The standard InChI is InChI=1S/C14H20BrN3O2/c1-17-4-6-18(7-5-17)8-9-20-14(19)12-10-11(16)2-3-13(12)15/h2-3,10H,4-9,16H2,1H3. The van der Waals surface area contributed by atoms with Crippen LogP contribution in [0.15, 0.2) is 22.7 Å². The summed E-state index contributed by atoms with van der Waals surface area (Å²) in [4.78, 5) is 16.6. The van der Waals surface area contributed by atoms with Crippen LogP contribution in [-0.2, 0) is 4.74 Å². The Balaban J connectivity index is 1.79. The summed E-state index contributed by atoms with van der Waals surface area (Å²) in [6.45, 7) is 5.36. The minimum atomic E-state index is -0.335. The van der Waals surface area contributed by atoms with Gasteiger partial charge in [-0.2, -0.15) is 0 Å². The van der Waals surface area contributed by atoms with E-state index in [9.17, 15) is 4.79 Å². The van der Waals surface area contributed by atoms with Gasteiger partial charge in [-0.05, 0) is 41.2 Å². The Labute approximate surface area is 127 Å². The van der Waals surface area contributed by atoms with Crippen molar-refractivity contribution in [3.8, 4) is 0 Å². The topological polar surface area (TPSA) is 58.8 Å². The van der Waals surface area contributed by atoms with E-state index in [1.54, 1.807) is 18.2 Å². The fraction of sp³-hybridized carbons (Fsp3) is 0.500. The molecular formula is C14H20BrN3O2. The average Bonchev–Trinajstić information content (AvgIpc) is 2.43. The molecule has 0 atom stereocenters. The average molecular weight is 342 g/mol. The van der Waals surface area contributed by atoms with Crippen molar-refractivity contribution >= 4 is 27.6 Å². The second-order valence-electron chi connectivity index (χ2n) is 5.02. The maximum absolute atomic E-state index is 12.0. The highest BCUT2D eigenvalue weighted by Gasteiger charge is 2.15. The summed E-state index contributed by atoms with van der Waals surface area (Å²) in [7, 11) is 2.12. The van der Waals surface area contributed by atoms with Crippen LogP contribution in [0.2, 0.25) is 0 Å². The number of hydrogen-bond acceptors (Lipinski definition) is 5. The first kappa shape index (κ1) is 15.3. The van der Waals surface area contributed by atoms with Crippen LogP contribution >= 0.6 is 15.9 Å². The van der Waals surface area contributed by atoms with Crippen molar-refractivity contribution in [3.63, 3.8) is 0 Å². The van der Waals surface area contributed by atoms with Crippen molar-refractivity contribution in [1.29, 1.82) is 0 Å². The van der Waals surface area contributed by atoms with Gasteiger partial charge in [-0.3, -0.25) is 4.90 Å². The largest absolute Gasteiger partial charge is 0.461 e. The molecule has 110 valence electrons. The zero-order valence-electron chi connectivity index (χ0n) is 11.6. The highest BCUT2D eigenvalue weighted by Crippen LogP contribution is 2.20. The lowest BCUT2D eigenvalue weighted by Gasteiger charge is -2.32. The van der Waals surface area contributed by atoms with Gasteiger partial charge in [-0.1, -0.05) is 0 Å². The summed E-state index contributed by atoms with van der Waals surface area (Å²) in [6, 6.07) is 5.12. The van der Waals surface area contributed by atoms with Crippen LogP contribution in [-0.4, -0.2) is 62.1 Å². The van der Waals surface area contributed by atoms with E-state index < -0.39 is 0 Å². The van der Waals surface area contributed by atoms with Gasteiger partial charge in [0.15, 0.2) is 0 Å². The second kappa shape index (κ2) is 7.06. The summed E-state index contributed by atoms with van der Waals surface area (Å²) in [5.41, 5.74) is 6.71. The minimum Gasteiger partial charge on any atom is -0.461 e. The minimum absolute atomic E-state index is 0.335. The van der Waals surface area contributed by atoms with Gasteiger partial charge in [0.25, 0.3) is 0 Å². The Bertz CT molecular complexity index is 473. The molecule has 0 aliphatic carbocycles. The summed E-state index contributed by atoms with van der Waals surface area (Å²) in [6.07, 6.45) is 0. The molecule has 1 aliphatic rings. The van der Waals surface area contributed by atoms with Gasteiger partial charge in [0, 0.05) is 42.9 Å². The van der Waals surface area contributed by atoms with Crippen LogP contribution in [0.4, 0.5) is 5.69 Å². The molecule has 0 amide bonds. The Morgan fingerprint density at radius 2 is 2.05 bits per heavy atom. The number of carbonyl (C=O) groups is 1. The number of likely N-dealkylation sites (N-methyl/N-ethyl adjacent to an activating group) is 1. The molecule has 0 saturated carbocycles. The summed E-state index contributed by atoms with van der Waals surface area (Å²) >= 11 is 3.33. The number of anilines is 1. The van der Waals surface area contributed by atoms with E-state index in [-0.39, 0.29) is 5.97 Å². The number of ether oxygens (including phenoxy) is 1. The Kier molecular flexibility index (Phi) is 5.39. The molecule has 1 fully saturated rings. The molecule has 0 spiro atoms. The number of halogens is 1. The van der Waals surface area contributed by atoms with E-state index >= 15 is 0 Å². The lowest BCUT2D eigenvalue weighted by atomic mass is 10.2. The fourth-order valence-corrected chi connectivity index (χ4v) is 2.52. The third-order valence-corrected chi connectivity index (χ3v) is 4.14. The van der Waals surface area contributed by atoms with E-state index in [1.165, 1.54) is 0 Å². The first-order chi connectivity index (χ1) is 9.56. The van der Waals surface area contributed by atoms with Gasteiger partial charge < -0.3 is 15.4 Å². The molecular weight excluding hydrogens is 322 g/mol. The van der Waals surface area contributed by atoms with Gasteiger partial charge in [0.2, 0.25) is 0 Å². The molecule has 2 N–H and O–H groups in total. The maximum Gasteiger partial charge on any atom is 0.339 e. The lowest BCUT2D eigenvalue weighted by Crippen LogP contribution is -2.45. The number of carbonyl (C=O) groups excluding carboxylic acids is 1. The zero-order valence-corrected chi connectivity index (χ0v) is 13.2. The molecule has 20 heavy (non-hydrogen) atoms. The zero-order chi connectivity index (χ0) is 14.5. The van der Waals surface area contributed by atoms with Gasteiger partial charge in [0.1, 0.15) is 6.61 Å². The lowest BCUT2D eigenvalue weighted by molar-refractivity contribution is 0.0431. The van der Waals surface area contributed by atoms with Crippen molar-refractivity contribution < 1.29 is 9.53 Å². The third-order valence-electron chi connectivity index (χ3n) is 3.45. The number of piperazine rings is 1. The predicted molar refractivity (Wildman–Crippen MR) is 82.8 cm³/mol. The normalized spacial score (nSPS) is 17.1. The molecule has 1 saturated heterocycles. The highest BCUT2D eigenvalue weighted by molar-refractivity contribution is 9.10. The number of hydrogen-bond donors (Lipinski definition) is 1. The van der Waals surface area contributed by atoms with Crippen molar-refractivity contribution in [2.75, 3.05) is 52.1 Å². The first-order valence-electron chi connectivity index (χ1n) is 6.69. The van der Waals surface area contributed by atoms with Crippen molar-refractivity contribution in [2.45, 2.75) is 0 Å². The Morgan fingerprint density at radius 1 is 1.35 bits per heavy atom. The number of rotatable bonds is 4. The number of benzene rings is 1. The predicted octanol–water partition coefficient (Wildman–Crippen LogP) is 1.44. The third kappa shape index (κ3) is 4.19.